The maximum atomic E-state index is 12.5. The van der Waals surface area contributed by atoms with Crippen LogP contribution in [0.2, 0.25) is 0 Å². The number of carbonyl (C=O) groups excluding carboxylic acids is 1. The van der Waals surface area contributed by atoms with Crippen LogP contribution in [0.15, 0.2) is 30.3 Å². The number of carbonyl (C=O) groups is 1. The molecule has 0 spiro atoms. The number of aryl methyl sites for hydroxylation is 1. The molecule has 0 aliphatic carbocycles. The van der Waals surface area contributed by atoms with Gasteiger partial charge in [-0.25, -0.2) is 0 Å². The van der Waals surface area contributed by atoms with Gasteiger partial charge in [0.05, 0.1) is 22.2 Å². The van der Waals surface area contributed by atoms with E-state index >= 15 is 0 Å². The SMILES string of the molecule is CCOc1cc(C(=O)Nc2ccc(C)c([N+](=O)[O-])c2)cc(I)c1OC. The van der Waals surface area contributed by atoms with Crippen molar-refractivity contribution >= 4 is 39.9 Å². The molecule has 0 aliphatic heterocycles. The lowest BCUT2D eigenvalue weighted by Crippen LogP contribution is -2.13. The van der Waals surface area contributed by atoms with Gasteiger partial charge in [0.15, 0.2) is 11.5 Å². The standard InChI is InChI=1S/C17H17IN2O5/c1-4-25-15-8-11(7-13(18)16(15)24-3)17(21)19-12-6-5-10(2)14(9-12)20(22)23/h5-9H,4H2,1-3H3,(H,19,21). The smallest absolute Gasteiger partial charge is 0.274 e. The fourth-order valence-electron chi connectivity index (χ4n) is 2.25. The van der Waals surface area contributed by atoms with Crippen LogP contribution in [0, 0.1) is 20.6 Å². The molecule has 1 amide bonds. The summed E-state index contributed by atoms with van der Waals surface area (Å²) in [6.45, 7) is 3.91. The van der Waals surface area contributed by atoms with E-state index in [0.717, 1.165) is 3.57 Å². The first kappa shape index (κ1) is 19.0. The monoisotopic (exact) mass is 456 g/mol. The van der Waals surface area contributed by atoms with Crippen LogP contribution in [0.25, 0.3) is 0 Å². The molecule has 2 rings (SSSR count). The predicted octanol–water partition coefficient (Wildman–Crippen LogP) is 4.17. The minimum absolute atomic E-state index is 0.0443. The van der Waals surface area contributed by atoms with Gasteiger partial charge in [-0.05, 0) is 54.6 Å². The van der Waals surface area contributed by atoms with Gasteiger partial charge in [-0.1, -0.05) is 6.07 Å². The van der Waals surface area contributed by atoms with Crippen LogP contribution in [0.5, 0.6) is 11.5 Å². The van der Waals surface area contributed by atoms with Gasteiger partial charge in [0.2, 0.25) is 0 Å². The summed E-state index contributed by atoms with van der Waals surface area (Å²) in [5.41, 5.74) is 1.21. The van der Waals surface area contributed by atoms with Crippen molar-refractivity contribution in [2.45, 2.75) is 13.8 Å². The second-order valence-corrected chi connectivity index (χ2v) is 6.30. The number of anilines is 1. The van der Waals surface area contributed by atoms with Gasteiger partial charge in [0, 0.05) is 22.9 Å². The highest BCUT2D eigenvalue weighted by atomic mass is 127. The molecule has 8 heteroatoms. The summed E-state index contributed by atoms with van der Waals surface area (Å²) in [5.74, 6) is 0.640. The van der Waals surface area contributed by atoms with Crippen LogP contribution in [-0.2, 0) is 0 Å². The van der Waals surface area contributed by atoms with Crippen LogP contribution in [0.4, 0.5) is 11.4 Å². The molecule has 0 fully saturated rings. The maximum Gasteiger partial charge on any atom is 0.274 e. The van der Waals surface area contributed by atoms with Crippen molar-refractivity contribution in [3.8, 4) is 11.5 Å². The van der Waals surface area contributed by atoms with E-state index in [1.54, 1.807) is 31.2 Å². The molecule has 0 aliphatic rings. The van der Waals surface area contributed by atoms with Crippen LogP contribution >= 0.6 is 22.6 Å². The third-order valence-corrected chi connectivity index (χ3v) is 4.24. The molecule has 132 valence electrons. The fourth-order valence-corrected chi connectivity index (χ4v) is 3.07. The number of hydrogen-bond acceptors (Lipinski definition) is 5. The first-order chi connectivity index (χ1) is 11.9. The molecule has 7 nitrogen and oxygen atoms in total. The fraction of sp³-hybridized carbons (Fsp3) is 0.235. The summed E-state index contributed by atoms with van der Waals surface area (Å²) >= 11 is 2.06. The Kier molecular flexibility index (Phi) is 6.18. The van der Waals surface area contributed by atoms with E-state index in [9.17, 15) is 14.9 Å². The molecular weight excluding hydrogens is 439 g/mol. The first-order valence-electron chi connectivity index (χ1n) is 7.44. The predicted molar refractivity (Wildman–Crippen MR) is 103 cm³/mol. The van der Waals surface area contributed by atoms with Gasteiger partial charge in [-0.3, -0.25) is 14.9 Å². The Bertz CT molecular complexity index is 823. The van der Waals surface area contributed by atoms with E-state index < -0.39 is 4.92 Å². The Hall–Kier alpha value is -2.36. The van der Waals surface area contributed by atoms with Gasteiger partial charge in [0.25, 0.3) is 11.6 Å². The Balaban J connectivity index is 2.32. The highest BCUT2D eigenvalue weighted by Crippen LogP contribution is 2.34. The Morgan fingerprint density at radius 1 is 1.32 bits per heavy atom. The molecule has 0 heterocycles. The molecule has 0 saturated heterocycles. The zero-order valence-corrected chi connectivity index (χ0v) is 16.1. The number of nitro benzene ring substituents is 1. The molecule has 0 saturated carbocycles. The lowest BCUT2D eigenvalue weighted by Gasteiger charge is -2.13. The van der Waals surface area contributed by atoms with Gasteiger partial charge in [0.1, 0.15) is 0 Å². The van der Waals surface area contributed by atoms with Crippen LogP contribution < -0.4 is 14.8 Å². The number of nitrogens with zero attached hydrogens (tertiary/aromatic N) is 1. The largest absolute Gasteiger partial charge is 0.492 e. The van der Waals surface area contributed by atoms with Crippen molar-refractivity contribution in [2.75, 3.05) is 19.0 Å². The van der Waals surface area contributed by atoms with E-state index in [2.05, 4.69) is 27.9 Å². The molecule has 2 aromatic rings. The zero-order valence-electron chi connectivity index (χ0n) is 14.0. The van der Waals surface area contributed by atoms with Crippen LogP contribution in [0.1, 0.15) is 22.8 Å². The molecule has 2 aromatic carbocycles. The third kappa shape index (κ3) is 4.38. The van der Waals surface area contributed by atoms with E-state index in [1.807, 2.05) is 6.92 Å². The van der Waals surface area contributed by atoms with E-state index in [1.165, 1.54) is 13.2 Å². The highest BCUT2D eigenvalue weighted by Gasteiger charge is 2.17. The Morgan fingerprint density at radius 2 is 2.04 bits per heavy atom. The number of nitro groups is 1. The number of amides is 1. The van der Waals surface area contributed by atoms with Gasteiger partial charge in [-0.2, -0.15) is 0 Å². The number of rotatable bonds is 6. The Labute approximate surface area is 158 Å². The maximum absolute atomic E-state index is 12.5. The van der Waals surface area contributed by atoms with Crippen LogP contribution in [-0.4, -0.2) is 24.5 Å². The number of ether oxygens (including phenoxy) is 2. The van der Waals surface area contributed by atoms with Crippen molar-refractivity contribution in [3.63, 3.8) is 0 Å². The van der Waals surface area contributed by atoms with Crippen molar-refractivity contribution in [2.24, 2.45) is 0 Å². The molecule has 0 bridgehead atoms. The van der Waals surface area contributed by atoms with E-state index in [-0.39, 0.29) is 11.6 Å². The number of nitrogens with one attached hydrogen (secondary N) is 1. The zero-order chi connectivity index (χ0) is 18.6. The third-order valence-electron chi connectivity index (χ3n) is 3.44. The number of benzene rings is 2. The second-order valence-electron chi connectivity index (χ2n) is 5.13. The van der Waals surface area contributed by atoms with Crippen molar-refractivity contribution in [1.29, 1.82) is 0 Å². The van der Waals surface area contributed by atoms with Crippen LogP contribution in [0.3, 0.4) is 0 Å². The summed E-state index contributed by atoms with van der Waals surface area (Å²) in [7, 11) is 1.53. The quantitative estimate of drug-likeness (QED) is 0.401. The van der Waals surface area contributed by atoms with Gasteiger partial charge < -0.3 is 14.8 Å². The van der Waals surface area contributed by atoms with Crippen molar-refractivity contribution in [1.82, 2.24) is 0 Å². The average molecular weight is 456 g/mol. The van der Waals surface area contributed by atoms with E-state index in [0.29, 0.717) is 34.9 Å². The topological polar surface area (TPSA) is 90.7 Å². The molecule has 0 aromatic heterocycles. The number of halogens is 1. The summed E-state index contributed by atoms with van der Waals surface area (Å²) in [6.07, 6.45) is 0. The minimum Gasteiger partial charge on any atom is -0.492 e. The minimum atomic E-state index is -0.478. The molecule has 1 N–H and O–H groups in total. The molecule has 25 heavy (non-hydrogen) atoms. The lowest BCUT2D eigenvalue weighted by atomic mass is 10.1. The molecule has 0 atom stereocenters. The molecular formula is C17H17IN2O5. The van der Waals surface area contributed by atoms with E-state index in [4.69, 9.17) is 9.47 Å². The van der Waals surface area contributed by atoms with Crippen molar-refractivity contribution in [3.05, 3.63) is 55.1 Å². The Morgan fingerprint density at radius 3 is 2.64 bits per heavy atom. The normalized spacial score (nSPS) is 10.2. The summed E-state index contributed by atoms with van der Waals surface area (Å²) in [4.78, 5) is 23.1. The molecule has 0 unspecified atom stereocenters. The van der Waals surface area contributed by atoms with Gasteiger partial charge in [-0.15, -0.1) is 0 Å². The number of methoxy groups -OCH3 is 1. The summed E-state index contributed by atoms with van der Waals surface area (Å²) < 4.78 is 11.5. The summed E-state index contributed by atoms with van der Waals surface area (Å²) in [5, 5.41) is 13.7. The average Bonchev–Trinajstić information content (AvgIpc) is 2.56. The lowest BCUT2D eigenvalue weighted by molar-refractivity contribution is -0.385. The number of hydrogen-bond donors (Lipinski definition) is 1. The highest BCUT2D eigenvalue weighted by molar-refractivity contribution is 14.1. The van der Waals surface area contributed by atoms with Crippen molar-refractivity contribution < 1.29 is 19.2 Å². The van der Waals surface area contributed by atoms with Gasteiger partial charge >= 0.3 is 0 Å². The summed E-state index contributed by atoms with van der Waals surface area (Å²) in [6, 6.07) is 7.81. The first-order valence-corrected chi connectivity index (χ1v) is 8.52. The molecule has 0 radical (unpaired) electrons. The second kappa shape index (κ2) is 8.15.